The third kappa shape index (κ3) is 6.47. The number of rotatable bonds is 10. The first-order valence-corrected chi connectivity index (χ1v) is 14.6. The molecule has 4 heterocycles. The van der Waals surface area contributed by atoms with Gasteiger partial charge >= 0.3 is 0 Å². The predicted octanol–water partition coefficient (Wildman–Crippen LogP) is 4.55. The van der Waals surface area contributed by atoms with Crippen LogP contribution in [0.4, 0.5) is 10.2 Å². The number of carbonyl (C=O) groups is 1. The first-order chi connectivity index (χ1) is 20.4. The van der Waals surface area contributed by atoms with E-state index in [1.54, 1.807) is 18.2 Å². The zero-order valence-corrected chi connectivity index (χ0v) is 24.7. The summed E-state index contributed by atoms with van der Waals surface area (Å²) in [7, 11) is 1.70. The van der Waals surface area contributed by atoms with Gasteiger partial charge in [-0.3, -0.25) is 9.78 Å². The Kier molecular flexibility index (Phi) is 9.48. The number of hydrogen-bond donors (Lipinski definition) is 1. The molecule has 0 saturated carbocycles. The van der Waals surface area contributed by atoms with Gasteiger partial charge < -0.3 is 29.3 Å². The number of nitrogens with one attached hydrogen (secondary N) is 1. The molecule has 2 aliphatic rings. The number of pyridine rings is 1. The van der Waals surface area contributed by atoms with E-state index in [4.69, 9.17) is 14.2 Å². The summed E-state index contributed by atoms with van der Waals surface area (Å²) in [6, 6.07) is 5.94. The molecule has 1 amide bonds. The first kappa shape index (κ1) is 29.7. The molecule has 224 valence electrons. The van der Waals surface area contributed by atoms with Crippen LogP contribution in [0.15, 0.2) is 43.0 Å². The average Bonchev–Trinajstić information content (AvgIpc) is 2.99. The van der Waals surface area contributed by atoms with Crippen molar-refractivity contribution in [3.8, 4) is 17.2 Å². The molecule has 0 bridgehead atoms. The number of anilines is 1. The van der Waals surface area contributed by atoms with Gasteiger partial charge in [0.15, 0.2) is 11.6 Å². The highest BCUT2D eigenvalue weighted by Gasteiger charge is 2.29. The summed E-state index contributed by atoms with van der Waals surface area (Å²) >= 11 is 0. The lowest BCUT2D eigenvalue weighted by molar-refractivity contribution is 0.0713. The van der Waals surface area contributed by atoms with Crippen LogP contribution in [0.1, 0.15) is 61.3 Å². The predicted molar refractivity (Wildman–Crippen MR) is 157 cm³/mol. The number of fused-ring (bicyclic) bond motifs is 1. The number of piperidine rings is 1. The van der Waals surface area contributed by atoms with Gasteiger partial charge in [0.1, 0.15) is 29.7 Å². The van der Waals surface area contributed by atoms with E-state index in [1.807, 2.05) is 33.0 Å². The zero-order valence-electron chi connectivity index (χ0n) is 24.7. The van der Waals surface area contributed by atoms with Crippen molar-refractivity contribution in [3.63, 3.8) is 0 Å². The van der Waals surface area contributed by atoms with Crippen LogP contribution in [-0.4, -0.2) is 77.8 Å². The molecule has 1 atom stereocenters. The molecular weight excluding hydrogens is 539 g/mol. The normalized spacial score (nSPS) is 17.2. The van der Waals surface area contributed by atoms with Gasteiger partial charge in [0.05, 0.1) is 30.1 Å². The highest BCUT2D eigenvalue weighted by atomic mass is 19.1. The summed E-state index contributed by atoms with van der Waals surface area (Å²) in [6.07, 6.45) is 7.32. The Morgan fingerprint density at radius 3 is 2.71 bits per heavy atom. The summed E-state index contributed by atoms with van der Waals surface area (Å²) in [4.78, 5) is 30.4. The lowest BCUT2D eigenvalue weighted by Gasteiger charge is -2.35. The largest absolute Gasteiger partial charge is 0.490 e. The summed E-state index contributed by atoms with van der Waals surface area (Å²) in [5.74, 6) is 1.34. The van der Waals surface area contributed by atoms with Crippen LogP contribution >= 0.6 is 0 Å². The van der Waals surface area contributed by atoms with Crippen LogP contribution < -0.4 is 19.7 Å². The molecule has 0 radical (unpaired) electrons. The number of ether oxygens (including phenoxy) is 3. The number of hydrogen-bond acceptors (Lipinski definition) is 9. The fourth-order valence-corrected chi connectivity index (χ4v) is 5.71. The third-order valence-electron chi connectivity index (χ3n) is 7.78. The highest BCUT2D eigenvalue weighted by Crippen LogP contribution is 2.36. The van der Waals surface area contributed by atoms with E-state index in [1.165, 1.54) is 24.5 Å². The Hall–Kier alpha value is -3.83. The Labute approximate surface area is 246 Å². The fourth-order valence-electron chi connectivity index (χ4n) is 5.71. The standard InChI is InChI=1S/C31H39FN6O4/c1-5-38(20(2)3)31(39)23-16-21(32)6-7-26(23)42-28-17-33-19-36-30(28)37-14-10-22(11-15-37)41-27-9-13-34-24-8-12-35-25(18-40-4)29(24)27/h6-7,9,13,16-17,19-20,22,25,35H,5,8,10-12,14-15,18H2,1-4H3. The molecule has 1 fully saturated rings. The van der Waals surface area contributed by atoms with Crippen molar-refractivity contribution in [2.45, 2.75) is 58.2 Å². The third-order valence-corrected chi connectivity index (χ3v) is 7.78. The van der Waals surface area contributed by atoms with Gasteiger partial charge in [0, 0.05) is 70.4 Å². The topological polar surface area (TPSA) is 102 Å². The molecule has 1 saturated heterocycles. The maximum atomic E-state index is 14.2. The number of methoxy groups -OCH3 is 1. The van der Waals surface area contributed by atoms with Gasteiger partial charge in [-0.05, 0) is 45.0 Å². The van der Waals surface area contributed by atoms with Crippen molar-refractivity contribution in [2.75, 3.05) is 44.8 Å². The summed E-state index contributed by atoms with van der Waals surface area (Å²) < 4.78 is 32.5. The molecule has 2 aliphatic heterocycles. The smallest absolute Gasteiger partial charge is 0.257 e. The fraction of sp³-hybridized carbons (Fsp3) is 0.484. The van der Waals surface area contributed by atoms with Gasteiger partial charge in [-0.25, -0.2) is 14.4 Å². The lowest BCUT2D eigenvalue weighted by Crippen LogP contribution is -2.39. The number of carbonyl (C=O) groups excluding carboxylic acids is 1. The molecule has 0 aliphatic carbocycles. The van der Waals surface area contributed by atoms with Crippen molar-refractivity contribution < 1.29 is 23.4 Å². The minimum absolute atomic E-state index is 0.0291. The van der Waals surface area contributed by atoms with Crippen molar-refractivity contribution >= 4 is 11.7 Å². The second-order valence-electron chi connectivity index (χ2n) is 10.8. The van der Waals surface area contributed by atoms with Crippen molar-refractivity contribution in [1.29, 1.82) is 0 Å². The van der Waals surface area contributed by atoms with Crippen molar-refractivity contribution in [3.05, 3.63) is 65.6 Å². The Bertz CT molecular complexity index is 1380. The van der Waals surface area contributed by atoms with E-state index in [2.05, 4.69) is 25.2 Å². The molecule has 10 nitrogen and oxygen atoms in total. The molecule has 2 aromatic heterocycles. The molecule has 5 rings (SSSR count). The average molecular weight is 579 g/mol. The van der Waals surface area contributed by atoms with Crippen molar-refractivity contribution in [2.24, 2.45) is 0 Å². The Balaban J connectivity index is 1.30. The maximum Gasteiger partial charge on any atom is 0.257 e. The van der Waals surface area contributed by atoms with Crippen LogP contribution in [0.3, 0.4) is 0 Å². The number of nitrogens with zero attached hydrogens (tertiary/aromatic N) is 5. The molecule has 1 unspecified atom stereocenters. The summed E-state index contributed by atoms with van der Waals surface area (Å²) in [6.45, 7) is 9.04. The molecule has 11 heteroatoms. The number of aromatic nitrogens is 3. The lowest BCUT2D eigenvalue weighted by atomic mass is 9.98. The summed E-state index contributed by atoms with van der Waals surface area (Å²) in [5, 5.41) is 3.51. The van der Waals surface area contributed by atoms with E-state index in [0.29, 0.717) is 37.8 Å². The molecule has 42 heavy (non-hydrogen) atoms. The molecule has 1 N–H and O–H groups in total. The Morgan fingerprint density at radius 2 is 1.98 bits per heavy atom. The molecule has 3 aromatic rings. The number of halogens is 1. The molecular formula is C31H39FN6O4. The van der Waals surface area contributed by atoms with Gasteiger partial charge in [-0.2, -0.15) is 0 Å². The van der Waals surface area contributed by atoms with Gasteiger partial charge in [0.25, 0.3) is 5.91 Å². The van der Waals surface area contributed by atoms with E-state index in [0.717, 1.165) is 42.8 Å². The van der Waals surface area contributed by atoms with Gasteiger partial charge in [-0.15, -0.1) is 0 Å². The van der Waals surface area contributed by atoms with E-state index < -0.39 is 5.82 Å². The molecule has 1 aromatic carbocycles. The minimum atomic E-state index is -0.503. The van der Waals surface area contributed by atoms with Crippen LogP contribution in [0, 0.1) is 5.82 Å². The van der Waals surface area contributed by atoms with Crippen LogP contribution in [0.25, 0.3) is 0 Å². The second-order valence-corrected chi connectivity index (χ2v) is 10.8. The van der Waals surface area contributed by atoms with Crippen LogP contribution in [0.2, 0.25) is 0 Å². The first-order valence-electron chi connectivity index (χ1n) is 14.6. The highest BCUT2D eigenvalue weighted by molar-refractivity contribution is 5.97. The minimum Gasteiger partial charge on any atom is -0.490 e. The summed E-state index contributed by atoms with van der Waals surface area (Å²) in [5.41, 5.74) is 2.31. The maximum absolute atomic E-state index is 14.2. The van der Waals surface area contributed by atoms with Gasteiger partial charge in [-0.1, -0.05) is 0 Å². The second kappa shape index (κ2) is 13.4. The van der Waals surface area contributed by atoms with Crippen LogP contribution in [-0.2, 0) is 11.2 Å². The quantitative estimate of drug-likeness (QED) is 0.371. The monoisotopic (exact) mass is 578 g/mol. The van der Waals surface area contributed by atoms with E-state index in [-0.39, 0.29) is 35.4 Å². The number of amides is 1. The SMILES string of the molecule is CCN(C(=O)c1cc(F)ccc1Oc1cncnc1N1CCC(Oc2ccnc3c2C(COC)NCC3)CC1)C(C)C. The van der Waals surface area contributed by atoms with Crippen LogP contribution in [0.5, 0.6) is 17.2 Å². The van der Waals surface area contributed by atoms with Gasteiger partial charge in [0.2, 0.25) is 0 Å². The number of benzene rings is 1. The molecule has 0 spiro atoms. The van der Waals surface area contributed by atoms with E-state index >= 15 is 0 Å². The zero-order chi connectivity index (χ0) is 29.6. The Morgan fingerprint density at radius 1 is 1.17 bits per heavy atom. The van der Waals surface area contributed by atoms with E-state index in [9.17, 15) is 9.18 Å². The van der Waals surface area contributed by atoms with Crippen molar-refractivity contribution in [1.82, 2.24) is 25.2 Å².